The molecule has 0 fully saturated rings. The summed E-state index contributed by atoms with van der Waals surface area (Å²) in [6.07, 6.45) is 1.59. The highest BCUT2D eigenvalue weighted by Crippen LogP contribution is 2.30. The summed E-state index contributed by atoms with van der Waals surface area (Å²) in [5.74, 6) is -0.150. The van der Waals surface area contributed by atoms with E-state index in [1.807, 2.05) is 38.1 Å². The monoisotopic (exact) mass is 253 g/mol. The second kappa shape index (κ2) is 7.22. The standard InChI is InChI=1S/C13H19NO2S/c1-3-9-16-13(15)11(4-2)17-12-8-6-5-7-10(12)14/h5-8,11H,3-4,9,14H2,1-2H3. The Balaban J connectivity index is 2.63. The molecule has 0 amide bonds. The highest BCUT2D eigenvalue weighted by atomic mass is 32.2. The van der Waals surface area contributed by atoms with Crippen LogP contribution < -0.4 is 5.73 Å². The van der Waals surface area contributed by atoms with Crippen molar-refractivity contribution in [1.82, 2.24) is 0 Å². The van der Waals surface area contributed by atoms with Gasteiger partial charge in [-0.1, -0.05) is 26.0 Å². The van der Waals surface area contributed by atoms with Gasteiger partial charge in [-0.05, 0) is 25.0 Å². The average Bonchev–Trinajstić information content (AvgIpc) is 2.35. The lowest BCUT2D eigenvalue weighted by molar-refractivity contribution is -0.143. The topological polar surface area (TPSA) is 52.3 Å². The van der Waals surface area contributed by atoms with Crippen molar-refractivity contribution in [1.29, 1.82) is 0 Å². The molecule has 3 nitrogen and oxygen atoms in total. The number of rotatable bonds is 6. The molecule has 0 aliphatic carbocycles. The van der Waals surface area contributed by atoms with E-state index in [0.717, 1.165) is 17.7 Å². The maximum atomic E-state index is 11.8. The Morgan fingerprint density at radius 3 is 2.71 bits per heavy atom. The van der Waals surface area contributed by atoms with E-state index in [1.54, 1.807) is 0 Å². The number of hydrogen-bond acceptors (Lipinski definition) is 4. The third kappa shape index (κ3) is 4.30. The van der Waals surface area contributed by atoms with E-state index < -0.39 is 0 Å². The summed E-state index contributed by atoms with van der Waals surface area (Å²) < 4.78 is 5.16. The number of hydrogen-bond donors (Lipinski definition) is 1. The molecule has 0 spiro atoms. The molecule has 1 rings (SSSR count). The van der Waals surface area contributed by atoms with Crippen molar-refractivity contribution in [2.45, 2.75) is 36.8 Å². The molecule has 0 aliphatic rings. The van der Waals surface area contributed by atoms with Crippen molar-refractivity contribution in [2.24, 2.45) is 0 Å². The van der Waals surface area contributed by atoms with Crippen LogP contribution in [0.4, 0.5) is 5.69 Å². The summed E-state index contributed by atoms with van der Waals surface area (Å²) >= 11 is 1.47. The Hall–Kier alpha value is -1.16. The maximum Gasteiger partial charge on any atom is 0.319 e. The van der Waals surface area contributed by atoms with Gasteiger partial charge < -0.3 is 10.5 Å². The molecule has 0 saturated heterocycles. The smallest absolute Gasteiger partial charge is 0.319 e. The Labute approximate surface area is 107 Å². The van der Waals surface area contributed by atoms with Crippen LogP contribution in [0.1, 0.15) is 26.7 Å². The number of anilines is 1. The number of nitrogen functional groups attached to an aromatic ring is 1. The van der Waals surface area contributed by atoms with E-state index >= 15 is 0 Å². The van der Waals surface area contributed by atoms with E-state index in [1.165, 1.54) is 11.8 Å². The molecule has 17 heavy (non-hydrogen) atoms. The molecule has 0 aliphatic heterocycles. The Morgan fingerprint density at radius 1 is 1.41 bits per heavy atom. The first-order valence-corrected chi connectivity index (χ1v) is 6.74. The van der Waals surface area contributed by atoms with Gasteiger partial charge in [0.05, 0.1) is 6.61 Å². The maximum absolute atomic E-state index is 11.8. The lowest BCUT2D eigenvalue weighted by atomic mass is 10.3. The number of para-hydroxylation sites is 1. The van der Waals surface area contributed by atoms with Gasteiger partial charge in [-0.2, -0.15) is 0 Å². The minimum absolute atomic E-state index is 0.150. The molecule has 1 aromatic carbocycles. The van der Waals surface area contributed by atoms with E-state index in [-0.39, 0.29) is 11.2 Å². The van der Waals surface area contributed by atoms with Crippen molar-refractivity contribution in [3.8, 4) is 0 Å². The van der Waals surface area contributed by atoms with E-state index in [9.17, 15) is 4.79 Å². The van der Waals surface area contributed by atoms with E-state index in [4.69, 9.17) is 10.5 Å². The van der Waals surface area contributed by atoms with Gasteiger partial charge in [0.15, 0.2) is 0 Å². The minimum Gasteiger partial charge on any atom is -0.465 e. The first-order valence-electron chi connectivity index (χ1n) is 5.86. The number of carbonyl (C=O) groups excluding carboxylic acids is 1. The zero-order valence-electron chi connectivity index (χ0n) is 10.3. The highest BCUT2D eigenvalue weighted by Gasteiger charge is 2.19. The van der Waals surface area contributed by atoms with Gasteiger partial charge in [0.1, 0.15) is 5.25 Å². The fraction of sp³-hybridized carbons (Fsp3) is 0.462. The summed E-state index contributed by atoms with van der Waals surface area (Å²) in [4.78, 5) is 12.7. The van der Waals surface area contributed by atoms with Crippen LogP contribution in [0.25, 0.3) is 0 Å². The van der Waals surface area contributed by atoms with Gasteiger partial charge in [0.25, 0.3) is 0 Å². The fourth-order valence-electron chi connectivity index (χ4n) is 1.33. The normalized spacial score (nSPS) is 12.1. The van der Waals surface area contributed by atoms with E-state index in [2.05, 4.69) is 0 Å². The summed E-state index contributed by atoms with van der Waals surface area (Å²) in [5, 5.41) is -0.175. The van der Waals surface area contributed by atoms with Crippen molar-refractivity contribution in [3.63, 3.8) is 0 Å². The van der Waals surface area contributed by atoms with Crippen LogP contribution in [0, 0.1) is 0 Å². The number of nitrogens with two attached hydrogens (primary N) is 1. The van der Waals surface area contributed by atoms with Crippen LogP contribution in [-0.4, -0.2) is 17.8 Å². The third-order valence-electron chi connectivity index (χ3n) is 2.27. The lowest BCUT2D eigenvalue weighted by Crippen LogP contribution is -2.20. The molecule has 0 saturated carbocycles. The Morgan fingerprint density at radius 2 is 2.12 bits per heavy atom. The second-order valence-electron chi connectivity index (χ2n) is 3.72. The molecule has 2 N–H and O–H groups in total. The molecule has 94 valence electrons. The van der Waals surface area contributed by atoms with Crippen molar-refractivity contribution in [2.75, 3.05) is 12.3 Å². The zero-order valence-corrected chi connectivity index (χ0v) is 11.1. The molecule has 0 radical (unpaired) electrons. The average molecular weight is 253 g/mol. The molecule has 0 heterocycles. The van der Waals surface area contributed by atoms with Crippen molar-refractivity contribution < 1.29 is 9.53 Å². The lowest BCUT2D eigenvalue weighted by Gasteiger charge is -2.14. The Bertz CT molecular complexity index is 368. The van der Waals surface area contributed by atoms with Crippen molar-refractivity contribution in [3.05, 3.63) is 24.3 Å². The molecule has 1 atom stereocenters. The van der Waals surface area contributed by atoms with Gasteiger partial charge in [-0.3, -0.25) is 4.79 Å². The molecule has 4 heteroatoms. The molecular formula is C13H19NO2S. The summed E-state index contributed by atoms with van der Waals surface area (Å²) in [6.45, 7) is 4.45. The predicted molar refractivity (Wildman–Crippen MR) is 72.0 cm³/mol. The third-order valence-corrected chi connectivity index (χ3v) is 3.71. The fourth-order valence-corrected chi connectivity index (χ4v) is 2.33. The largest absolute Gasteiger partial charge is 0.465 e. The van der Waals surface area contributed by atoms with Crippen LogP contribution in [0.5, 0.6) is 0 Å². The Kier molecular flexibility index (Phi) is 5.91. The minimum atomic E-state index is -0.175. The molecule has 0 aromatic heterocycles. The number of carbonyl (C=O) groups is 1. The molecule has 0 bridgehead atoms. The molecule has 1 unspecified atom stereocenters. The van der Waals surface area contributed by atoms with Gasteiger partial charge in [-0.15, -0.1) is 11.8 Å². The number of thioether (sulfide) groups is 1. The van der Waals surface area contributed by atoms with Gasteiger partial charge in [0.2, 0.25) is 0 Å². The number of ether oxygens (including phenoxy) is 1. The van der Waals surface area contributed by atoms with Crippen LogP contribution in [0.15, 0.2) is 29.2 Å². The highest BCUT2D eigenvalue weighted by molar-refractivity contribution is 8.00. The molecular weight excluding hydrogens is 234 g/mol. The van der Waals surface area contributed by atoms with Gasteiger partial charge >= 0.3 is 5.97 Å². The quantitative estimate of drug-likeness (QED) is 0.481. The first-order chi connectivity index (χ1) is 8.19. The van der Waals surface area contributed by atoms with Gasteiger partial charge in [0, 0.05) is 10.6 Å². The zero-order chi connectivity index (χ0) is 12.7. The summed E-state index contributed by atoms with van der Waals surface area (Å²) in [5.41, 5.74) is 6.56. The van der Waals surface area contributed by atoms with Crippen LogP contribution in [-0.2, 0) is 9.53 Å². The first kappa shape index (κ1) is 13.9. The molecule has 1 aromatic rings. The van der Waals surface area contributed by atoms with Crippen LogP contribution in [0.2, 0.25) is 0 Å². The van der Waals surface area contributed by atoms with Crippen LogP contribution >= 0.6 is 11.8 Å². The summed E-state index contributed by atoms with van der Waals surface area (Å²) in [6, 6.07) is 7.57. The van der Waals surface area contributed by atoms with Gasteiger partial charge in [-0.25, -0.2) is 0 Å². The summed E-state index contributed by atoms with van der Waals surface area (Å²) in [7, 11) is 0. The van der Waals surface area contributed by atoms with Crippen molar-refractivity contribution >= 4 is 23.4 Å². The van der Waals surface area contributed by atoms with E-state index in [0.29, 0.717) is 12.3 Å². The number of esters is 1. The van der Waals surface area contributed by atoms with Crippen LogP contribution in [0.3, 0.4) is 0 Å². The number of benzene rings is 1. The second-order valence-corrected chi connectivity index (χ2v) is 4.96. The SMILES string of the molecule is CCCOC(=O)C(CC)Sc1ccccc1N. The predicted octanol–water partition coefficient (Wildman–Crippen LogP) is 3.09.